The van der Waals surface area contributed by atoms with E-state index >= 15 is 0 Å². The van der Waals surface area contributed by atoms with Gasteiger partial charge in [-0.1, -0.05) is 13.8 Å². The fraction of sp³-hybridized carbons (Fsp3) is 0.667. The standard InChI is InChI=1S/C12H18BrNS/c1-9(2)8-12(5-3-6-14-12)11-10(13)4-7-15-11/h4,7,9,14H,3,5-6,8H2,1-2H3. The second kappa shape index (κ2) is 4.56. The van der Waals surface area contributed by atoms with E-state index in [2.05, 4.69) is 46.5 Å². The van der Waals surface area contributed by atoms with Crippen LogP contribution in [0.4, 0.5) is 0 Å². The third-order valence-electron chi connectivity index (χ3n) is 3.05. The molecule has 3 heteroatoms. The number of hydrogen-bond acceptors (Lipinski definition) is 2. The maximum Gasteiger partial charge on any atom is 0.0543 e. The van der Waals surface area contributed by atoms with Crippen molar-refractivity contribution in [3.05, 3.63) is 20.8 Å². The second-order valence-corrected chi connectivity index (χ2v) is 6.58. The zero-order valence-electron chi connectivity index (χ0n) is 9.35. The number of thiophene rings is 1. The minimum Gasteiger partial charge on any atom is -0.307 e. The van der Waals surface area contributed by atoms with Crippen molar-refractivity contribution in [1.82, 2.24) is 5.32 Å². The molecule has 84 valence electrons. The Morgan fingerprint density at radius 3 is 2.87 bits per heavy atom. The van der Waals surface area contributed by atoms with Crippen LogP contribution in [-0.2, 0) is 5.54 Å². The maximum absolute atomic E-state index is 3.73. The summed E-state index contributed by atoms with van der Waals surface area (Å²) in [6.07, 6.45) is 3.83. The molecule has 0 bridgehead atoms. The van der Waals surface area contributed by atoms with Crippen molar-refractivity contribution in [2.45, 2.75) is 38.6 Å². The molecule has 0 aromatic carbocycles. The van der Waals surface area contributed by atoms with E-state index in [-0.39, 0.29) is 5.54 Å². The third kappa shape index (κ3) is 2.29. The van der Waals surface area contributed by atoms with Gasteiger partial charge in [-0.2, -0.15) is 0 Å². The van der Waals surface area contributed by atoms with E-state index in [0.29, 0.717) is 0 Å². The minimum absolute atomic E-state index is 0.251. The zero-order chi connectivity index (χ0) is 10.9. The number of hydrogen-bond donors (Lipinski definition) is 1. The van der Waals surface area contributed by atoms with E-state index in [1.54, 1.807) is 0 Å². The molecule has 1 unspecified atom stereocenters. The molecule has 0 radical (unpaired) electrons. The van der Waals surface area contributed by atoms with Crippen LogP contribution in [0.1, 0.15) is 38.0 Å². The summed E-state index contributed by atoms with van der Waals surface area (Å²) in [5.74, 6) is 0.740. The van der Waals surface area contributed by atoms with Gasteiger partial charge in [0.05, 0.1) is 5.54 Å². The molecule has 1 nitrogen and oxygen atoms in total. The molecule has 0 aliphatic carbocycles. The van der Waals surface area contributed by atoms with Crippen molar-refractivity contribution in [1.29, 1.82) is 0 Å². The first-order valence-corrected chi connectivity index (χ1v) is 7.30. The summed E-state index contributed by atoms with van der Waals surface area (Å²) in [7, 11) is 0. The number of nitrogens with one attached hydrogen (secondary N) is 1. The molecule has 1 N–H and O–H groups in total. The number of rotatable bonds is 3. The second-order valence-electron chi connectivity index (χ2n) is 4.81. The molecule has 2 rings (SSSR count). The van der Waals surface area contributed by atoms with Gasteiger partial charge >= 0.3 is 0 Å². The molecule has 1 fully saturated rings. The first-order valence-electron chi connectivity index (χ1n) is 5.62. The van der Waals surface area contributed by atoms with Crippen molar-refractivity contribution in [2.24, 2.45) is 5.92 Å². The first-order chi connectivity index (χ1) is 7.14. The molecule has 2 heterocycles. The minimum atomic E-state index is 0.251. The van der Waals surface area contributed by atoms with E-state index in [1.165, 1.54) is 28.6 Å². The normalized spacial score (nSPS) is 26.4. The lowest BCUT2D eigenvalue weighted by atomic mass is 9.86. The summed E-state index contributed by atoms with van der Waals surface area (Å²) in [6, 6.07) is 2.17. The van der Waals surface area contributed by atoms with Crippen LogP contribution in [0, 0.1) is 5.92 Å². The van der Waals surface area contributed by atoms with E-state index in [4.69, 9.17) is 0 Å². The van der Waals surface area contributed by atoms with E-state index in [0.717, 1.165) is 12.5 Å². The SMILES string of the molecule is CC(C)CC1(c2sccc2Br)CCCN1. The molecule has 1 aliphatic rings. The topological polar surface area (TPSA) is 12.0 Å². The molecular weight excluding hydrogens is 270 g/mol. The average Bonchev–Trinajstić information content (AvgIpc) is 2.73. The van der Waals surface area contributed by atoms with Crippen molar-refractivity contribution in [3.63, 3.8) is 0 Å². The van der Waals surface area contributed by atoms with Gasteiger partial charge in [0.2, 0.25) is 0 Å². The van der Waals surface area contributed by atoms with Gasteiger partial charge in [0.1, 0.15) is 0 Å². The largest absolute Gasteiger partial charge is 0.307 e. The summed E-state index contributed by atoms with van der Waals surface area (Å²) in [6.45, 7) is 5.78. The van der Waals surface area contributed by atoms with E-state index in [9.17, 15) is 0 Å². The van der Waals surface area contributed by atoms with Gasteiger partial charge in [0, 0.05) is 9.35 Å². The summed E-state index contributed by atoms with van der Waals surface area (Å²) in [5.41, 5.74) is 0.251. The summed E-state index contributed by atoms with van der Waals surface area (Å²) in [5, 5.41) is 5.91. The Balaban J connectivity index is 2.30. The number of halogens is 1. The van der Waals surface area contributed by atoms with Crippen molar-refractivity contribution in [3.8, 4) is 0 Å². The Labute approximate surface area is 104 Å². The van der Waals surface area contributed by atoms with Crippen LogP contribution in [0.15, 0.2) is 15.9 Å². The lowest BCUT2D eigenvalue weighted by Crippen LogP contribution is -2.37. The van der Waals surface area contributed by atoms with Crippen LogP contribution >= 0.6 is 27.3 Å². The Kier molecular flexibility index (Phi) is 3.53. The maximum atomic E-state index is 3.73. The molecule has 1 saturated heterocycles. The highest BCUT2D eigenvalue weighted by molar-refractivity contribution is 9.10. The third-order valence-corrected chi connectivity index (χ3v) is 5.09. The quantitative estimate of drug-likeness (QED) is 0.881. The molecule has 1 atom stereocenters. The molecule has 1 aliphatic heterocycles. The molecule has 0 spiro atoms. The Morgan fingerprint density at radius 1 is 1.60 bits per heavy atom. The molecule has 1 aromatic heterocycles. The van der Waals surface area contributed by atoms with Gasteiger partial charge in [-0.05, 0) is 59.1 Å². The average molecular weight is 288 g/mol. The molecular formula is C12H18BrNS. The molecule has 15 heavy (non-hydrogen) atoms. The van der Waals surface area contributed by atoms with E-state index in [1.807, 2.05) is 11.3 Å². The van der Waals surface area contributed by atoms with Gasteiger partial charge in [-0.25, -0.2) is 0 Å². The summed E-state index contributed by atoms with van der Waals surface area (Å²) < 4.78 is 1.28. The summed E-state index contributed by atoms with van der Waals surface area (Å²) >= 11 is 5.55. The highest BCUT2D eigenvalue weighted by Crippen LogP contribution is 2.42. The van der Waals surface area contributed by atoms with Crippen LogP contribution in [0.5, 0.6) is 0 Å². The van der Waals surface area contributed by atoms with Crippen LogP contribution in [0.25, 0.3) is 0 Å². The van der Waals surface area contributed by atoms with Gasteiger partial charge in [0.15, 0.2) is 0 Å². The van der Waals surface area contributed by atoms with Crippen LogP contribution in [0.3, 0.4) is 0 Å². The van der Waals surface area contributed by atoms with Gasteiger partial charge in [0.25, 0.3) is 0 Å². The molecule has 0 amide bonds. The Bertz CT molecular complexity index is 326. The monoisotopic (exact) mass is 287 g/mol. The predicted octanol–water partition coefficient (Wildman–Crippen LogP) is 4.14. The predicted molar refractivity (Wildman–Crippen MR) is 70.4 cm³/mol. The first kappa shape index (κ1) is 11.6. The van der Waals surface area contributed by atoms with Crippen molar-refractivity contribution in [2.75, 3.05) is 6.54 Å². The van der Waals surface area contributed by atoms with E-state index < -0.39 is 0 Å². The van der Waals surface area contributed by atoms with Crippen molar-refractivity contribution < 1.29 is 0 Å². The Hall–Kier alpha value is 0.140. The lowest BCUT2D eigenvalue weighted by Gasteiger charge is -2.31. The molecule has 1 aromatic rings. The zero-order valence-corrected chi connectivity index (χ0v) is 11.7. The highest BCUT2D eigenvalue weighted by Gasteiger charge is 2.37. The smallest absolute Gasteiger partial charge is 0.0543 e. The summed E-state index contributed by atoms with van der Waals surface area (Å²) in [4.78, 5) is 1.49. The van der Waals surface area contributed by atoms with Crippen LogP contribution in [-0.4, -0.2) is 6.54 Å². The van der Waals surface area contributed by atoms with Gasteiger partial charge in [-0.3, -0.25) is 0 Å². The highest BCUT2D eigenvalue weighted by atomic mass is 79.9. The fourth-order valence-electron chi connectivity index (χ4n) is 2.60. The van der Waals surface area contributed by atoms with Gasteiger partial charge in [-0.15, -0.1) is 11.3 Å². The molecule has 0 saturated carbocycles. The van der Waals surface area contributed by atoms with Crippen molar-refractivity contribution >= 4 is 27.3 Å². The Morgan fingerprint density at radius 2 is 2.40 bits per heavy atom. The fourth-order valence-corrected chi connectivity index (χ4v) is 4.57. The lowest BCUT2D eigenvalue weighted by molar-refractivity contribution is 0.316. The van der Waals surface area contributed by atoms with Crippen LogP contribution < -0.4 is 5.32 Å². The van der Waals surface area contributed by atoms with Gasteiger partial charge < -0.3 is 5.32 Å². The van der Waals surface area contributed by atoms with Crippen LogP contribution in [0.2, 0.25) is 0 Å².